The van der Waals surface area contributed by atoms with Gasteiger partial charge in [0.15, 0.2) is 0 Å². The van der Waals surface area contributed by atoms with Crippen LogP contribution in [-0.4, -0.2) is 46.0 Å². The SMILES string of the molecule is COc1ccc(S(=O)(=O)N2CCN(c3ccc(C)c(Cl)c3)CC2)cc1. The Morgan fingerprint density at radius 2 is 1.64 bits per heavy atom. The molecule has 0 aromatic heterocycles. The Bertz CT molecular complexity index is 845. The van der Waals surface area contributed by atoms with E-state index in [4.69, 9.17) is 16.3 Å². The summed E-state index contributed by atoms with van der Waals surface area (Å²) in [4.78, 5) is 2.45. The summed E-state index contributed by atoms with van der Waals surface area (Å²) in [7, 11) is -1.93. The average Bonchev–Trinajstić information content (AvgIpc) is 2.64. The van der Waals surface area contributed by atoms with Crippen LogP contribution >= 0.6 is 11.6 Å². The minimum atomic E-state index is -3.48. The van der Waals surface area contributed by atoms with Gasteiger partial charge in [0, 0.05) is 36.9 Å². The van der Waals surface area contributed by atoms with Gasteiger partial charge in [-0.3, -0.25) is 0 Å². The van der Waals surface area contributed by atoms with Crippen LogP contribution in [0.5, 0.6) is 5.75 Å². The Kier molecular flexibility index (Phi) is 5.22. The topological polar surface area (TPSA) is 49.9 Å². The maximum Gasteiger partial charge on any atom is 0.243 e. The molecule has 1 saturated heterocycles. The van der Waals surface area contributed by atoms with Gasteiger partial charge in [-0.1, -0.05) is 17.7 Å². The van der Waals surface area contributed by atoms with E-state index in [-0.39, 0.29) is 0 Å². The molecule has 0 amide bonds. The van der Waals surface area contributed by atoms with Crippen molar-refractivity contribution in [2.75, 3.05) is 38.2 Å². The Morgan fingerprint density at radius 1 is 1.00 bits per heavy atom. The molecular formula is C18H21ClN2O3S. The van der Waals surface area contributed by atoms with E-state index in [0.29, 0.717) is 36.8 Å². The van der Waals surface area contributed by atoms with Crippen molar-refractivity contribution >= 4 is 27.3 Å². The van der Waals surface area contributed by atoms with Gasteiger partial charge in [-0.25, -0.2) is 8.42 Å². The van der Waals surface area contributed by atoms with E-state index in [9.17, 15) is 8.42 Å². The van der Waals surface area contributed by atoms with Gasteiger partial charge in [-0.05, 0) is 48.9 Å². The summed E-state index contributed by atoms with van der Waals surface area (Å²) in [6.45, 7) is 4.12. The smallest absolute Gasteiger partial charge is 0.243 e. The van der Waals surface area contributed by atoms with Gasteiger partial charge in [0.2, 0.25) is 10.0 Å². The van der Waals surface area contributed by atoms with Gasteiger partial charge < -0.3 is 9.64 Å². The monoisotopic (exact) mass is 380 g/mol. The number of anilines is 1. The summed E-state index contributed by atoms with van der Waals surface area (Å²) in [5.41, 5.74) is 2.06. The summed E-state index contributed by atoms with van der Waals surface area (Å²) in [6, 6.07) is 12.4. The Morgan fingerprint density at radius 3 is 2.20 bits per heavy atom. The van der Waals surface area contributed by atoms with Crippen molar-refractivity contribution < 1.29 is 13.2 Å². The molecule has 0 atom stereocenters. The van der Waals surface area contributed by atoms with E-state index in [1.165, 1.54) is 4.31 Å². The van der Waals surface area contributed by atoms with Crippen LogP contribution in [0.4, 0.5) is 5.69 Å². The molecule has 25 heavy (non-hydrogen) atoms. The molecule has 7 heteroatoms. The number of hydrogen-bond acceptors (Lipinski definition) is 4. The number of rotatable bonds is 4. The molecule has 5 nitrogen and oxygen atoms in total. The summed E-state index contributed by atoms with van der Waals surface area (Å²) in [5, 5.41) is 0.728. The third-order valence-electron chi connectivity index (χ3n) is 4.46. The molecule has 3 rings (SSSR count). The molecule has 0 radical (unpaired) electrons. The zero-order valence-corrected chi connectivity index (χ0v) is 15.8. The highest BCUT2D eigenvalue weighted by Crippen LogP contribution is 2.26. The number of benzene rings is 2. The molecule has 2 aromatic carbocycles. The van der Waals surface area contributed by atoms with E-state index in [1.54, 1.807) is 31.4 Å². The highest BCUT2D eigenvalue weighted by atomic mass is 35.5. The molecule has 134 valence electrons. The minimum Gasteiger partial charge on any atom is -0.497 e. The number of halogens is 1. The molecular weight excluding hydrogens is 360 g/mol. The fourth-order valence-electron chi connectivity index (χ4n) is 2.86. The quantitative estimate of drug-likeness (QED) is 0.817. The first-order valence-corrected chi connectivity index (χ1v) is 9.89. The standard InChI is InChI=1S/C18H21ClN2O3S/c1-14-3-4-15(13-18(14)19)20-9-11-21(12-10-20)25(22,23)17-7-5-16(24-2)6-8-17/h3-8,13H,9-12H2,1-2H3. The number of hydrogen-bond donors (Lipinski definition) is 0. The lowest BCUT2D eigenvalue weighted by molar-refractivity contribution is 0.384. The number of piperazine rings is 1. The lowest BCUT2D eigenvalue weighted by atomic mass is 10.2. The van der Waals surface area contributed by atoms with Gasteiger partial charge >= 0.3 is 0 Å². The third kappa shape index (κ3) is 3.76. The normalized spacial score (nSPS) is 16.0. The predicted octanol–water partition coefficient (Wildman–Crippen LogP) is 3.17. The van der Waals surface area contributed by atoms with Gasteiger partial charge in [-0.2, -0.15) is 4.31 Å². The van der Waals surface area contributed by atoms with Gasteiger partial charge in [0.25, 0.3) is 0 Å². The fourth-order valence-corrected chi connectivity index (χ4v) is 4.46. The van der Waals surface area contributed by atoms with Gasteiger partial charge in [0.05, 0.1) is 12.0 Å². The number of methoxy groups -OCH3 is 1. The molecule has 1 fully saturated rings. The van der Waals surface area contributed by atoms with Crippen molar-refractivity contribution in [2.24, 2.45) is 0 Å². The van der Waals surface area contributed by atoms with E-state index < -0.39 is 10.0 Å². The van der Waals surface area contributed by atoms with E-state index >= 15 is 0 Å². The van der Waals surface area contributed by atoms with Crippen molar-refractivity contribution in [3.05, 3.63) is 53.1 Å². The van der Waals surface area contributed by atoms with Crippen molar-refractivity contribution in [3.8, 4) is 5.75 Å². The first kappa shape index (κ1) is 18.0. The number of nitrogens with zero attached hydrogens (tertiary/aromatic N) is 2. The van der Waals surface area contributed by atoms with Crippen molar-refractivity contribution in [1.82, 2.24) is 4.31 Å². The number of ether oxygens (including phenoxy) is 1. The zero-order valence-electron chi connectivity index (χ0n) is 14.3. The molecule has 1 aliphatic heterocycles. The van der Waals surface area contributed by atoms with Gasteiger partial charge in [0.1, 0.15) is 5.75 Å². The molecule has 0 spiro atoms. The first-order valence-electron chi connectivity index (χ1n) is 8.07. The minimum absolute atomic E-state index is 0.292. The lowest BCUT2D eigenvalue weighted by Gasteiger charge is -2.35. The Labute approximate surface area is 153 Å². The highest BCUT2D eigenvalue weighted by Gasteiger charge is 2.28. The second-order valence-electron chi connectivity index (χ2n) is 6.00. The van der Waals surface area contributed by atoms with E-state index in [2.05, 4.69) is 4.90 Å². The van der Waals surface area contributed by atoms with Gasteiger partial charge in [-0.15, -0.1) is 0 Å². The van der Waals surface area contributed by atoms with Crippen LogP contribution in [0.1, 0.15) is 5.56 Å². The fraction of sp³-hybridized carbons (Fsp3) is 0.333. The van der Waals surface area contributed by atoms with E-state index in [1.807, 2.05) is 25.1 Å². The highest BCUT2D eigenvalue weighted by molar-refractivity contribution is 7.89. The van der Waals surface area contributed by atoms with Crippen LogP contribution in [0.2, 0.25) is 5.02 Å². The van der Waals surface area contributed by atoms with Crippen LogP contribution < -0.4 is 9.64 Å². The van der Waals surface area contributed by atoms with Crippen molar-refractivity contribution in [1.29, 1.82) is 0 Å². The summed E-state index contributed by atoms with van der Waals surface area (Å²) in [5.74, 6) is 0.639. The molecule has 0 aliphatic carbocycles. The molecule has 0 bridgehead atoms. The van der Waals surface area contributed by atoms with Crippen LogP contribution in [0, 0.1) is 6.92 Å². The zero-order chi connectivity index (χ0) is 18.0. The molecule has 0 saturated carbocycles. The van der Waals surface area contributed by atoms with Crippen molar-refractivity contribution in [3.63, 3.8) is 0 Å². The largest absolute Gasteiger partial charge is 0.497 e. The maximum absolute atomic E-state index is 12.8. The van der Waals surface area contributed by atoms with Crippen LogP contribution in [0.3, 0.4) is 0 Å². The molecule has 1 aliphatic rings. The molecule has 0 unspecified atom stereocenters. The van der Waals surface area contributed by atoms with Crippen molar-refractivity contribution in [2.45, 2.75) is 11.8 Å². The van der Waals surface area contributed by atoms with Crippen LogP contribution in [0.15, 0.2) is 47.4 Å². The molecule has 0 N–H and O–H groups in total. The second-order valence-corrected chi connectivity index (χ2v) is 8.35. The first-order chi connectivity index (χ1) is 11.9. The Hall–Kier alpha value is -1.76. The number of aryl methyl sites for hydroxylation is 1. The summed E-state index contributed by atoms with van der Waals surface area (Å²) < 4.78 is 32.2. The lowest BCUT2D eigenvalue weighted by Crippen LogP contribution is -2.48. The van der Waals surface area contributed by atoms with E-state index in [0.717, 1.165) is 16.3 Å². The van der Waals surface area contributed by atoms with Crippen LogP contribution in [0.25, 0.3) is 0 Å². The summed E-state index contributed by atoms with van der Waals surface area (Å²) >= 11 is 6.20. The second kappa shape index (κ2) is 7.23. The maximum atomic E-state index is 12.8. The average molecular weight is 381 g/mol. The third-order valence-corrected chi connectivity index (χ3v) is 6.78. The molecule has 2 aromatic rings. The number of sulfonamides is 1. The summed E-state index contributed by atoms with van der Waals surface area (Å²) in [6.07, 6.45) is 0. The predicted molar refractivity (Wildman–Crippen MR) is 100 cm³/mol. The van der Waals surface area contributed by atoms with Crippen LogP contribution in [-0.2, 0) is 10.0 Å². The molecule has 1 heterocycles. The Balaban J connectivity index is 1.71.